The summed E-state index contributed by atoms with van der Waals surface area (Å²) in [5.74, 6) is 1.12. The summed E-state index contributed by atoms with van der Waals surface area (Å²) in [5.41, 5.74) is 3.31. The molecule has 3 aromatic heterocycles. The largest absolute Gasteiger partial charge is 0.449 e. The van der Waals surface area contributed by atoms with E-state index in [2.05, 4.69) is 31.8 Å². The van der Waals surface area contributed by atoms with E-state index < -0.39 is 0 Å². The number of aromatic nitrogens is 3. The number of rotatable bonds is 5. The Kier molecular flexibility index (Phi) is 6.02. The second-order valence-electron chi connectivity index (χ2n) is 9.33. The monoisotopic (exact) mass is 433 g/mol. The molecular weight excluding hydrogens is 402 g/mol. The molecule has 7 heteroatoms. The zero-order valence-electron chi connectivity index (χ0n) is 19.0. The lowest BCUT2D eigenvalue weighted by molar-refractivity contribution is -0.123. The number of ketones is 1. The lowest BCUT2D eigenvalue weighted by Crippen LogP contribution is -2.50. The van der Waals surface area contributed by atoms with Gasteiger partial charge < -0.3 is 9.32 Å². The van der Waals surface area contributed by atoms with E-state index >= 15 is 0 Å². The third-order valence-electron chi connectivity index (χ3n) is 7.10. The van der Waals surface area contributed by atoms with Crippen LogP contribution in [-0.4, -0.2) is 69.8 Å². The maximum Gasteiger partial charge on any atom is 0.191 e. The van der Waals surface area contributed by atoms with Gasteiger partial charge in [-0.3, -0.25) is 19.7 Å². The summed E-state index contributed by atoms with van der Waals surface area (Å²) in [6.07, 6.45) is 9.85. The van der Waals surface area contributed by atoms with Crippen molar-refractivity contribution < 1.29 is 9.21 Å². The lowest BCUT2D eigenvalue weighted by atomic mass is 9.81. The molecular formula is C25H31N5O2. The van der Waals surface area contributed by atoms with Crippen molar-refractivity contribution in [2.75, 3.05) is 33.2 Å². The number of nitrogens with zero attached hydrogens (tertiary/aromatic N) is 5. The molecule has 5 rings (SSSR count). The number of hydrogen-bond donors (Lipinski definition) is 0. The molecule has 1 saturated carbocycles. The second-order valence-corrected chi connectivity index (χ2v) is 9.33. The average molecular weight is 434 g/mol. The summed E-state index contributed by atoms with van der Waals surface area (Å²) in [7, 11) is 2.19. The molecule has 1 saturated heterocycles. The smallest absolute Gasteiger partial charge is 0.191 e. The molecule has 1 aliphatic carbocycles. The minimum Gasteiger partial charge on any atom is -0.449 e. The molecule has 0 aromatic carbocycles. The Hall–Kier alpha value is -2.64. The number of likely N-dealkylation sites (N-methyl/N-ethyl adjacent to an activating group) is 1. The van der Waals surface area contributed by atoms with Crippen LogP contribution in [0.15, 0.2) is 35.2 Å². The van der Waals surface area contributed by atoms with Crippen LogP contribution in [0.25, 0.3) is 22.2 Å². The highest BCUT2D eigenvalue weighted by atomic mass is 16.3. The van der Waals surface area contributed by atoms with Crippen LogP contribution in [0.1, 0.15) is 37.3 Å². The van der Waals surface area contributed by atoms with Crippen molar-refractivity contribution in [1.82, 2.24) is 24.8 Å². The van der Waals surface area contributed by atoms with E-state index in [0.29, 0.717) is 24.1 Å². The van der Waals surface area contributed by atoms with Crippen molar-refractivity contribution in [1.29, 1.82) is 0 Å². The van der Waals surface area contributed by atoms with Gasteiger partial charge in [0, 0.05) is 74.3 Å². The normalized spacial score (nSPS) is 22.9. The van der Waals surface area contributed by atoms with Crippen LogP contribution in [0, 0.1) is 12.8 Å². The van der Waals surface area contributed by atoms with Gasteiger partial charge in [-0.15, -0.1) is 0 Å². The molecule has 1 aliphatic heterocycles. The van der Waals surface area contributed by atoms with Gasteiger partial charge in [0.1, 0.15) is 17.7 Å². The molecule has 0 N–H and O–H groups in total. The molecule has 2 aliphatic rings. The summed E-state index contributed by atoms with van der Waals surface area (Å²) in [4.78, 5) is 31.4. The Balaban J connectivity index is 1.22. The van der Waals surface area contributed by atoms with Crippen LogP contribution in [0.4, 0.5) is 0 Å². The summed E-state index contributed by atoms with van der Waals surface area (Å²) < 4.78 is 5.32. The van der Waals surface area contributed by atoms with Crippen molar-refractivity contribution in [2.45, 2.75) is 45.1 Å². The van der Waals surface area contributed by atoms with Gasteiger partial charge in [-0.1, -0.05) is 0 Å². The van der Waals surface area contributed by atoms with Crippen molar-refractivity contribution in [3.63, 3.8) is 0 Å². The third-order valence-corrected chi connectivity index (χ3v) is 7.10. The zero-order chi connectivity index (χ0) is 22.1. The summed E-state index contributed by atoms with van der Waals surface area (Å²) in [5, 5.41) is 0.972. The van der Waals surface area contributed by atoms with Gasteiger partial charge in [-0.25, -0.2) is 4.98 Å². The predicted octanol–water partition coefficient (Wildman–Crippen LogP) is 3.51. The van der Waals surface area contributed by atoms with Gasteiger partial charge >= 0.3 is 0 Å². The van der Waals surface area contributed by atoms with E-state index in [9.17, 15) is 4.79 Å². The maximum absolute atomic E-state index is 13.0. The fourth-order valence-corrected chi connectivity index (χ4v) is 5.08. The average Bonchev–Trinajstić information content (AvgIpc) is 3.25. The first-order valence-corrected chi connectivity index (χ1v) is 11.7. The van der Waals surface area contributed by atoms with Gasteiger partial charge in [0.05, 0.1) is 11.7 Å². The van der Waals surface area contributed by atoms with Crippen molar-refractivity contribution in [2.24, 2.45) is 5.92 Å². The van der Waals surface area contributed by atoms with E-state index in [0.717, 1.165) is 79.7 Å². The minimum absolute atomic E-state index is 0.166. The summed E-state index contributed by atoms with van der Waals surface area (Å²) >= 11 is 0. The van der Waals surface area contributed by atoms with Crippen LogP contribution in [0.3, 0.4) is 0 Å². The number of carbonyl (C=O) groups excluding carboxylic acids is 1. The molecule has 32 heavy (non-hydrogen) atoms. The van der Waals surface area contributed by atoms with E-state index in [4.69, 9.17) is 4.42 Å². The van der Waals surface area contributed by atoms with Crippen LogP contribution in [-0.2, 0) is 11.2 Å². The lowest BCUT2D eigenvalue weighted by Gasteiger charge is -2.40. The number of aryl methyl sites for hydroxylation is 1. The number of oxazole rings is 1. The second kappa shape index (κ2) is 9.08. The fraction of sp³-hybridized carbons (Fsp3) is 0.520. The van der Waals surface area contributed by atoms with Crippen LogP contribution >= 0.6 is 0 Å². The number of fused-ring (bicyclic) bond motifs is 1. The molecule has 168 valence electrons. The van der Waals surface area contributed by atoms with E-state index in [-0.39, 0.29) is 5.92 Å². The van der Waals surface area contributed by atoms with E-state index in [1.807, 2.05) is 19.1 Å². The first-order valence-electron chi connectivity index (χ1n) is 11.7. The summed E-state index contributed by atoms with van der Waals surface area (Å²) in [6.45, 7) is 6.44. The molecule has 0 atom stereocenters. The quantitative estimate of drug-likeness (QED) is 0.609. The van der Waals surface area contributed by atoms with Crippen LogP contribution in [0.5, 0.6) is 0 Å². The topological polar surface area (TPSA) is 75.4 Å². The number of piperazine rings is 1. The van der Waals surface area contributed by atoms with Crippen molar-refractivity contribution in [3.05, 3.63) is 42.4 Å². The Labute approximate surface area is 188 Å². The minimum atomic E-state index is 0.166. The van der Waals surface area contributed by atoms with Gasteiger partial charge in [-0.2, -0.15) is 0 Å². The van der Waals surface area contributed by atoms with Crippen LogP contribution in [0.2, 0.25) is 0 Å². The highest BCUT2D eigenvalue weighted by molar-refractivity contribution is 5.86. The number of hydrogen-bond acceptors (Lipinski definition) is 7. The molecule has 0 bridgehead atoms. The predicted molar refractivity (Wildman–Crippen MR) is 123 cm³/mol. The molecule has 0 spiro atoms. The first-order chi connectivity index (χ1) is 15.5. The molecule has 3 aromatic rings. The van der Waals surface area contributed by atoms with E-state index in [1.165, 1.54) is 0 Å². The molecule has 2 fully saturated rings. The van der Waals surface area contributed by atoms with E-state index in [1.54, 1.807) is 18.7 Å². The number of carbonyl (C=O) groups is 1. The van der Waals surface area contributed by atoms with Crippen molar-refractivity contribution in [3.8, 4) is 11.3 Å². The van der Waals surface area contributed by atoms with Crippen LogP contribution < -0.4 is 0 Å². The van der Waals surface area contributed by atoms with Gasteiger partial charge in [-0.05, 0) is 44.9 Å². The third kappa shape index (κ3) is 4.59. The molecule has 0 unspecified atom stereocenters. The van der Waals surface area contributed by atoms with Crippen molar-refractivity contribution >= 4 is 16.7 Å². The Morgan fingerprint density at radius 1 is 1.06 bits per heavy atom. The summed E-state index contributed by atoms with van der Waals surface area (Å²) in [6, 6.07) is 4.68. The molecule has 0 radical (unpaired) electrons. The number of pyridine rings is 2. The Bertz CT molecular complexity index is 1090. The Morgan fingerprint density at radius 3 is 2.56 bits per heavy atom. The highest BCUT2D eigenvalue weighted by Gasteiger charge is 2.30. The van der Waals surface area contributed by atoms with Gasteiger partial charge in [0.2, 0.25) is 0 Å². The molecule has 7 nitrogen and oxygen atoms in total. The standard InChI is InChI=1S/C25H31N5O2/c1-17-28-24(16-32-17)20-11-19-12-21(26-15-23(19)27-14-20)13-25(31)18-3-5-22(6-4-18)30-9-7-29(2)8-10-30/h11-12,14-16,18,22H,3-10,13H2,1-2H3. The fourth-order valence-electron chi connectivity index (χ4n) is 5.08. The van der Waals surface area contributed by atoms with Gasteiger partial charge in [0.25, 0.3) is 0 Å². The number of Topliss-reactive ketones (excluding diaryl/α,β-unsaturated/α-hetero) is 1. The van der Waals surface area contributed by atoms with Gasteiger partial charge in [0.15, 0.2) is 5.89 Å². The SMILES string of the molecule is Cc1nc(-c2cnc3cnc(CC(=O)C4CCC(N5CCN(C)CC5)CC4)cc3c2)co1. The molecule has 4 heterocycles. The maximum atomic E-state index is 13.0. The Morgan fingerprint density at radius 2 is 1.84 bits per heavy atom. The molecule has 0 amide bonds. The zero-order valence-corrected chi connectivity index (χ0v) is 19.0. The first kappa shape index (κ1) is 21.2. The highest BCUT2D eigenvalue weighted by Crippen LogP contribution is 2.30.